The molecule has 0 aliphatic heterocycles. The van der Waals surface area contributed by atoms with Crippen molar-refractivity contribution in [1.29, 1.82) is 0 Å². The highest BCUT2D eigenvalue weighted by Gasteiger charge is 2.10. The molecule has 1 aromatic rings. The van der Waals surface area contributed by atoms with Gasteiger partial charge in [0.25, 0.3) is 0 Å². The van der Waals surface area contributed by atoms with Crippen LogP contribution in [0.2, 0.25) is 0 Å². The van der Waals surface area contributed by atoms with Crippen LogP contribution in [0.15, 0.2) is 16.8 Å². The quantitative estimate of drug-likeness (QED) is 0.377. The van der Waals surface area contributed by atoms with Crippen molar-refractivity contribution in [1.82, 2.24) is 0 Å². The molecule has 0 atom stereocenters. The van der Waals surface area contributed by atoms with Crippen molar-refractivity contribution in [2.24, 2.45) is 0 Å². The lowest BCUT2D eigenvalue weighted by Gasteiger charge is -2.04. The van der Waals surface area contributed by atoms with Gasteiger partial charge in [-0.3, -0.25) is 4.57 Å². The molecule has 1 heterocycles. The fraction of sp³-hybridized carbons (Fsp3) is 0.750. The van der Waals surface area contributed by atoms with E-state index in [2.05, 4.69) is 16.8 Å². The summed E-state index contributed by atoms with van der Waals surface area (Å²) in [7, 11) is -3.76. The maximum absolute atomic E-state index is 10.7. The van der Waals surface area contributed by atoms with Crippen LogP contribution < -0.4 is 0 Å². The molecule has 122 valence electrons. The van der Waals surface area contributed by atoms with Crippen LogP contribution in [0.4, 0.5) is 0 Å². The van der Waals surface area contributed by atoms with E-state index in [0.717, 1.165) is 12.8 Å². The van der Waals surface area contributed by atoms with Crippen LogP contribution in [-0.4, -0.2) is 15.9 Å². The lowest BCUT2D eigenvalue weighted by molar-refractivity contribution is 0.370. The van der Waals surface area contributed by atoms with Gasteiger partial charge in [-0.1, -0.05) is 51.4 Å². The Morgan fingerprint density at radius 3 is 1.86 bits per heavy atom. The van der Waals surface area contributed by atoms with Gasteiger partial charge in [0.1, 0.15) is 0 Å². The molecule has 0 amide bonds. The minimum Gasteiger partial charge on any atom is -0.324 e. The lowest BCUT2D eigenvalue weighted by atomic mass is 10.0. The largest absolute Gasteiger partial charge is 0.325 e. The first-order chi connectivity index (χ1) is 10.1. The molecule has 0 aliphatic carbocycles. The number of rotatable bonds is 13. The molecule has 0 aliphatic rings. The Kier molecular flexibility index (Phi) is 10.3. The average Bonchev–Trinajstić information content (AvgIpc) is 2.92. The van der Waals surface area contributed by atoms with E-state index in [1.54, 1.807) is 11.3 Å². The molecule has 0 bridgehead atoms. The van der Waals surface area contributed by atoms with E-state index in [1.807, 2.05) is 0 Å². The van der Waals surface area contributed by atoms with Crippen molar-refractivity contribution >= 4 is 18.9 Å². The second-order valence-electron chi connectivity index (χ2n) is 5.81. The van der Waals surface area contributed by atoms with Gasteiger partial charge in [0, 0.05) is 6.16 Å². The number of hydrogen-bond donors (Lipinski definition) is 2. The topological polar surface area (TPSA) is 57.5 Å². The number of thiophene rings is 1. The van der Waals surface area contributed by atoms with E-state index in [0.29, 0.717) is 6.42 Å². The van der Waals surface area contributed by atoms with Crippen molar-refractivity contribution in [3.05, 3.63) is 22.4 Å². The Morgan fingerprint density at radius 2 is 1.38 bits per heavy atom. The molecule has 0 saturated carbocycles. The first-order valence-electron chi connectivity index (χ1n) is 8.13. The summed E-state index contributed by atoms with van der Waals surface area (Å²) in [5.41, 5.74) is 1.48. The molecule has 21 heavy (non-hydrogen) atoms. The van der Waals surface area contributed by atoms with Crippen LogP contribution in [0.5, 0.6) is 0 Å². The Morgan fingerprint density at radius 1 is 0.857 bits per heavy atom. The van der Waals surface area contributed by atoms with Crippen LogP contribution in [0, 0.1) is 0 Å². The predicted molar refractivity (Wildman–Crippen MR) is 91.1 cm³/mol. The minimum absolute atomic E-state index is 0.0527. The zero-order valence-electron chi connectivity index (χ0n) is 12.9. The molecule has 0 spiro atoms. The third-order valence-electron chi connectivity index (χ3n) is 3.74. The fourth-order valence-corrected chi connectivity index (χ4v) is 3.83. The van der Waals surface area contributed by atoms with E-state index >= 15 is 0 Å². The molecule has 0 aromatic carbocycles. The van der Waals surface area contributed by atoms with Gasteiger partial charge < -0.3 is 9.79 Å². The standard InChI is InChI=1S/C16H29O3PS/c17-20(18,19)13-10-8-6-4-2-1-3-5-7-9-11-16-12-14-21-15-16/h12,14-15H,1-11,13H2,(H2,17,18,19). The van der Waals surface area contributed by atoms with Crippen LogP contribution in [0.25, 0.3) is 0 Å². The molecule has 0 unspecified atom stereocenters. The summed E-state index contributed by atoms with van der Waals surface area (Å²) in [5, 5.41) is 4.39. The van der Waals surface area contributed by atoms with Gasteiger partial charge in [-0.25, -0.2) is 0 Å². The molecule has 0 fully saturated rings. The molecule has 3 nitrogen and oxygen atoms in total. The summed E-state index contributed by atoms with van der Waals surface area (Å²) in [6.45, 7) is 0. The van der Waals surface area contributed by atoms with Crippen molar-refractivity contribution in [2.75, 3.05) is 6.16 Å². The van der Waals surface area contributed by atoms with Crippen molar-refractivity contribution < 1.29 is 14.4 Å². The van der Waals surface area contributed by atoms with E-state index < -0.39 is 7.60 Å². The normalized spacial score (nSPS) is 11.9. The maximum Gasteiger partial charge on any atom is 0.325 e. The molecule has 0 saturated heterocycles. The highest BCUT2D eigenvalue weighted by Crippen LogP contribution is 2.35. The van der Waals surface area contributed by atoms with Gasteiger partial charge in [0.2, 0.25) is 0 Å². The molecular formula is C16H29O3PS. The SMILES string of the molecule is O=P(O)(O)CCCCCCCCCCCCc1ccsc1. The first-order valence-corrected chi connectivity index (χ1v) is 10.9. The Balaban J connectivity index is 1.75. The van der Waals surface area contributed by atoms with Crippen molar-refractivity contribution in [2.45, 2.75) is 70.6 Å². The van der Waals surface area contributed by atoms with Crippen LogP contribution in [-0.2, 0) is 11.0 Å². The molecule has 2 N–H and O–H groups in total. The highest BCUT2D eigenvalue weighted by molar-refractivity contribution is 7.51. The third kappa shape index (κ3) is 12.1. The molecule has 0 radical (unpaired) electrons. The van der Waals surface area contributed by atoms with Crippen LogP contribution >= 0.6 is 18.9 Å². The molecule has 5 heteroatoms. The second-order valence-corrected chi connectivity index (χ2v) is 8.36. The monoisotopic (exact) mass is 332 g/mol. The van der Waals surface area contributed by atoms with Gasteiger partial charge in [-0.05, 0) is 41.7 Å². The van der Waals surface area contributed by atoms with Crippen LogP contribution in [0.3, 0.4) is 0 Å². The van der Waals surface area contributed by atoms with Gasteiger partial charge in [-0.2, -0.15) is 11.3 Å². The van der Waals surface area contributed by atoms with E-state index in [-0.39, 0.29) is 6.16 Å². The zero-order valence-corrected chi connectivity index (χ0v) is 14.6. The molecule has 1 rings (SSSR count). The van der Waals surface area contributed by atoms with E-state index in [9.17, 15) is 4.57 Å². The summed E-state index contributed by atoms with van der Waals surface area (Å²) in [4.78, 5) is 17.5. The number of hydrogen-bond acceptors (Lipinski definition) is 2. The Hall–Kier alpha value is -0.150. The summed E-state index contributed by atoms with van der Waals surface area (Å²) < 4.78 is 10.7. The minimum atomic E-state index is -3.76. The van der Waals surface area contributed by atoms with Gasteiger partial charge in [0.05, 0.1) is 0 Å². The zero-order chi connectivity index (χ0) is 15.4. The van der Waals surface area contributed by atoms with Crippen LogP contribution in [0.1, 0.15) is 69.8 Å². The highest BCUT2D eigenvalue weighted by atomic mass is 32.1. The summed E-state index contributed by atoms with van der Waals surface area (Å²) in [5.74, 6) is 0. The number of aryl methyl sites for hydroxylation is 1. The van der Waals surface area contributed by atoms with E-state index in [1.165, 1.54) is 56.9 Å². The lowest BCUT2D eigenvalue weighted by Crippen LogP contribution is -1.88. The smallest absolute Gasteiger partial charge is 0.324 e. The van der Waals surface area contributed by atoms with Crippen molar-refractivity contribution in [3.63, 3.8) is 0 Å². The average molecular weight is 332 g/mol. The fourth-order valence-electron chi connectivity index (χ4n) is 2.50. The van der Waals surface area contributed by atoms with E-state index in [4.69, 9.17) is 9.79 Å². The maximum atomic E-state index is 10.7. The Labute approximate surface area is 133 Å². The Bertz CT molecular complexity index is 386. The number of unbranched alkanes of at least 4 members (excludes halogenated alkanes) is 9. The first kappa shape index (κ1) is 18.9. The summed E-state index contributed by atoms with van der Waals surface area (Å²) >= 11 is 1.78. The second kappa shape index (κ2) is 11.4. The van der Waals surface area contributed by atoms with Gasteiger partial charge in [-0.15, -0.1) is 0 Å². The van der Waals surface area contributed by atoms with Gasteiger partial charge >= 0.3 is 7.60 Å². The summed E-state index contributed by atoms with van der Waals surface area (Å²) in [6.07, 6.45) is 13.1. The molecule has 1 aromatic heterocycles. The summed E-state index contributed by atoms with van der Waals surface area (Å²) in [6, 6.07) is 2.22. The molecular weight excluding hydrogens is 303 g/mol. The van der Waals surface area contributed by atoms with Crippen molar-refractivity contribution in [3.8, 4) is 0 Å². The third-order valence-corrected chi connectivity index (χ3v) is 5.38. The van der Waals surface area contributed by atoms with Gasteiger partial charge in [0.15, 0.2) is 0 Å². The predicted octanol–water partition coefficient (Wildman–Crippen LogP) is 5.37.